The summed E-state index contributed by atoms with van der Waals surface area (Å²) in [6, 6.07) is 8.31. The average molecular weight is 275 g/mol. The van der Waals surface area contributed by atoms with Gasteiger partial charge < -0.3 is 10.6 Å². The topological polar surface area (TPSA) is 44.4 Å². The van der Waals surface area contributed by atoms with E-state index in [9.17, 15) is 4.79 Å². The summed E-state index contributed by atoms with van der Waals surface area (Å²) in [7, 11) is 1.91. The van der Waals surface area contributed by atoms with Crippen LogP contribution in [-0.4, -0.2) is 43.5 Å². The summed E-state index contributed by atoms with van der Waals surface area (Å²) >= 11 is 0. The highest BCUT2D eigenvalue weighted by Crippen LogP contribution is 2.15. The Morgan fingerprint density at radius 2 is 2.30 bits per heavy atom. The number of rotatable bonds is 6. The highest BCUT2D eigenvalue weighted by Gasteiger charge is 2.23. The quantitative estimate of drug-likeness (QED) is 0.829. The summed E-state index contributed by atoms with van der Waals surface area (Å²) in [5.41, 5.74) is 1.88. The Bertz CT molecular complexity index is 447. The van der Waals surface area contributed by atoms with Crippen molar-refractivity contribution in [3.05, 3.63) is 35.4 Å². The van der Waals surface area contributed by atoms with E-state index in [1.54, 1.807) is 0 Å². The molecular formula is C16H25N3O. The molecule has 4 heteroatoms. The van der Waals surface area contributed by atoms with E-state index in [4.69, 9.17) is 0 Å². The number of hydrogen-bond donors (Lipinski definition) is 2. The van der Waals surface area contributed by atoms with Crippen LogP contribution in [0.5, 0.6) is 0 Å². The second-order valence-corrected chi connectivity index (χ2v) is 5.37. The molecule has 0 aromatic heterocycles. The highest BCUT2D eigenvalue weighted by molar-refractivity contribution is 5.94. The zero-order chi connectivity index (χ0) is 14.4. The average Bonchev–Trinajstić information content (AvgIpc) is 2.93. The number of likely N-dealkylation sites (N-methyl/N-ethyl adjacent to an activating group) is 1. The number of hydrogen-bond acceptors (Lipinski definition) is 3. The fourth-order valence-corrected chi connectivity index (χ4v) is 2.88. The van der Waals surface area contributed by atoms with Gasteiger partial charge in [-0.2, -0.15) is 0 Å². The van der Waals surface area contributed by atoms with Gasteiger partial charge in [-0.1, -0.05) is 19.1 Å². The smallest absolute Gasteiger partial charge is 0.251 e. The molecule has 20 heavy (non-hydrogen) atoms. The van der Waals surface area contributed by atoms with Crippen molar-refractivity contribution >= 4 is 5.91 Å². The van der Waals surface area contributed by atoms with Crippen LogP contribution in [0.3, 0.4) is 0 Å². The van der Waals surface area contributed by atoms with E-state index in [-0.39, 0.29) is 5.91 Å². The molecule has 2 N–H and O–H groups in total. The lowest BCUT2D eigenvalue weighted by Gasteiger charge is -2.22. The summed E-state index contributed by atoms with van der Waals surface area (Å²) in [4.78, 5) is 14.6. The maximum atomic E-state index is 12.2. The van der Waals surface area contributed by atoms with Crippen molar-refractivity contribution < 1.29 is 4.79 Å². The van der Waals surface area contributed by atoms with Crippen molar-refractivity contribution in [2.45, 2.75) is 32.4 Å². The van der Waals surface area contributed by atoms with Gasteiger partial charge in [-0.05, 0) is 50.7 Å². The van der Waals surface area contributed by atoms with E-state index < -0.39 is 0 Å². The van der Waals surface area contributed by atoms with E-state index in [1.807, 2.05) is 31.3 Å². The molecule has 1 amide bonds. The predicted molar refractivity (Wildman–Crippen MR) is 81.8 cm³/mol. The Morgan fingerprint density at radius 1 is 1.45 bits per heavy atom. The molecule has 1 saturated heterocycles. The third kappa shape index (κ3) is 3.81. The number of nitrogens with one attached hydrogen (secondary N) is 2. The predicted octanol–water partition coefficient (Wildman–Crippen LogP) is 1.62. The fourth-order valence-electron chi connectivity index (χ4n) is 2.88. The van der Waals surface area contributed by atoms with Gasteiger partial charge in [0.05, 0.1) is 0 Å². The summed E-state index contributed by atoms with van der Waals surface area (Å²) < 4.78 is 0. The standard InChI is InChI=1S/C16H25N3O/c1-3-19-9-5-8-15(19)12-18-16(20)14-7-4-6-13(10-14)11-17-2/h4,6-7,10,15,17H,3,5,8-9,11-12H2,1-2H3,(H,18,20)/t15-/m0/s1. The van der Waals surface area contributed by atoms with E-state index in [0.29, 0.717) is 6.04 Å². The van der Waals surface area contributed by atoms with E-state index in [0.717, 1.165) is 37.3 Å². The fraction of sp³-hybridized carbons (Fsp3) is 0.562. The van der Waals surface area contributed by atoms with Gasteiger partial charge in [0.25, 0.3) is 5.91 Å². The van der Waals surface area contributed by atoms with Gasteiger partial charge >= 0.3 is 0 Å². The van der Waals surface area contributed by atoms with Crippen molar-refractivity contribution in [2.24, 2.45) is 0 Å². The van der Waals surface area contributed by atoms with Crippen LogP contribution in [0, 0.1) is 0 Å². The van der Waals surface area contributed by atoms with Crippen molar-refractivity contribution in [2.75, 3.05) is 26.7 Å². The Balaban J connectivity index is 1.89. The molecule has 4 nitrogen and oxygen atoms in total. The SMILES string of the molecule is CCN1CCC[C@H]1CNC(=O)c1cccc(CNC)c1. The van der Waals surface area contributed by atoms with Crippen LogP contribution >= 0.6 is 0 Å². The third-order valence-electron chi connectivity index (χ3n) is 3.97. The maximum absolute atomic E-state index is 12.2. The summed E-state index contributed by atoms with van der Waals surface area (Å²) in [6.07, 6.45) is 2.43. The van der Waals surface area contributed by atoms with Crippen LogP contribution in [-0.2, 0) is 6.54 Å². The number of carbonyl (C=O) groups is 1. The van der Waals surface area contributed by atoms with Gasteiger partial charge in [0.15, 0.2) is 0 Å². The summed E-state index contributed by atoms with van der Waals surface area (Å²) in [5.74, 6) is 0.0332. The summed E-state index contributed by atoms with van der Waals surface area (Å²) in [6.45, 7) is 5.95. The molecule has 1 fully saturated rings. The zero-order valence-corrected chi connectivity index (χ0v) is 12.5. The molecule has 1 aliphatic rings. The molecule has 2 rings (SSSR count). The number of amides is 1. The molecule has 110 valence electrons. The molecule has 0 saturated carbocycles. The summed E-state index contributed by atoms with van der Waals surface area (Å²) in [5, 5.41) is 6.18. The Hall–Kier alpha value is -1.39. The molecule has 1 aromatic carbocycles. The molecular weight excluding hydrogens is 250 g/mol. The Kier molecular flexibility index (Phi) is 5.56. The third-order valence-corrected chi connectivity index (χ3v) is 3.97. The van der Waals surface area contributed by atoms with E-state index in [1.165, 1.54) is 12.8 Å². The Morgan fingerprint density at radius 3 is 3.05 bits per heavy atom. The van der Waals surface area contributed by atoms with E-state index in [2.05, 4.69) is 22.5 Å². The number of likely N-dealkylation sites (tertiary alicyclic amines) is 1. The molecule has 1 aromatic rings. The van der Waals surface area contributed by atoms with Gasteiger partial charge in [-0.25, -0.2) is 0 Å². The van der Waals surface area contributed by atoms with Crippen LogP contribution in [0.25, 0.3) is 0 Å². The van der Waals surface area contributed by atoms with Crippen molar-refractivity contribution in [1.82, 2.24) is 15.5 Å². The monoisotopic (exact) mass is 275 g/mol. The van der Waals surface area contributed by atoms with Gasteiger partial charge in [-0.3, -0.25) is 9.69 Å². The van der Waals surface area contributed by atoms with Crippen LogP contribution in [0.4, 0.5) is 0 Å². The number of benzene rings is 1. The second-order valence-electron chi connectivity index (χ2n) is 5.37. The molecule has 0 radical (unpaired) electrons. The lowest BCUT2D eigenvalue weighted by Crippen LogP contribution is -2.40. The second kappa shape index (κ2) is 7.41. The molecule has 0 spiro atoms. The van der Waals surface area contributed by atoms with Gasteiger partial charge in [-0.15, -0.1) is 0 Å². The Labute approximate surface area is 121 Å². The maximum Gasteiger partial charge on any atom is 0.251 e. The van der Waals surface area contributed by atoms with Crippen LogP contribution < -0.4 is 10.6 Å². The van der Waals surface area contributed by atoms with Gasteiger partial charge in [0.1, 0.15) is 0 Å². The van der Waals surface area contributed by atoms with Crippen molar-refractivity contribution in [1.29, 1.82) is 0 Å². The molecule has 1 aliphatic heterocycles. The van der Waals surface area contributed by atoms with Crippen molar-refractivity contribution in [3.63, 3.8) is 0 Å². The minimum Gasteiger partial charge on any atom is -0.350 e. The lowest BCUT2D eigenvalue weighted by atomic mass is 10.1. The zero-order valence-electron chi connectivity index (χ0n) is 12.5. The molecule has 0 unspecified atom stereocenters. The minimum absolute atomic E-state index is 0.0332. The molecule has 1 atom stereocenters. The first kappa shape index (κ1) is 15.0. The van der Waals surface area contributed by atoms with Gasteiger partial charge in [0.2, 0.25) is 0 Å². The minimum atomic E-state index is 0.0332. The highest BCUT2D eigenvalue weighted by atomic mass is 16.1. The molecule has 0 aliphatic carbocycles. The largest absolute Gasteiger partial charge is 0.350 e. The molecule has 0 bridgehead atoms. The van der Waals surface area contributed by atoms with Gasteiger partial charge in [0, 0.05) is 24.7 Å². The lowest BCUT2D eigenvalue weighted by molar-refractivity contribution is 0.0941. The normalized spacial score (nSPS) is 19.2. The van der Waals surface area contributed by atoms with Crippen LogP contribution in [0.15, 0.2) is 24.3 Å². The van der Waals surface area contributed by atoms with Crippen molar-refractivity contribution in [3.8, 4) is 0 Å². The van der Waals surface area contributed by atoms with Crippen LogP contribution in [0.1, 0.15) is 35.7 Å². The first-order valence-corrected chi connectivity index (χ1v) is 7.50. The number of carbonyl (C=O) groups excluding carboxylic acids is 1. The first-order chi connectivity index (χ1) is 9.74. The van der Waals surface area contributed by atoms with Crippen LogP contribution in [0.2, 0.25) is 0 Å². The number of nitrogens with zero attached hydrogens (tertiary/aromatic N) is 1. The van der Waals surface area contributed by atoms with E-state index >= 15 is 0 Å². The molecule has 1 heterocycles. The first-order valence-electron chi connectivity index (χ1n) is 7.50.